The third-order valence-corrected chi connectivity index (χ3v) is 4.33. The second kappa shape index (κ2) is 5.22. The summed E-state index contributed by atoms with van der Waals surface area (Å²) in [6.07, 6.45) is 5.10. The molecule has 0 amide bonds. The first-order chi connectivity index (χ1) is 7.18. The Labute approximate surface area is 102 Å². The summed E-state index contributed by atoms with van der Waals surface area (Å²) >= 11 is 11.9. The highest BCUT2D eigenvalue weighted by atomic mass is 35.5. The van der Waals surface area contributed by atoms with E-state index < -0.39 is 4.33 Å². The molecule has 4 heteroatoms. The van der Waals surface area contributed by atoms with E-state index in [9.17, 15) is 0 Å². The van der Waals surface area contributed by atoms with Crippen molar-refractivity contribution in [1.29, 1.82) is 0 Å². The Morgan fingerprint density at radius 1 is 1.20 bits per heavy atom. The van der Waals surface area contributed by atoms with Gasteiger partial charge in [-0.2, -0.15) is 0 Å². The highest BCUT2D eigenvalue weighted by molar-refractivity contribution is 6.50. The summed E-state index contributed by atoms with van der Waals surface area (Å²) in [7, 11) is 0. The Bertz CT molecular complexity index is 203. The van der Waals surface area contributed by atoms with Crippen LogP contribution in [0.2, 0.25) is 0 Å². The Morgan fingerprint density at radius 3 is 2.47 bits per heavy atom. The van der Waals surface area contributed by atoms with Crippen LogP contribution in [0.3, 0.4) is 0 Å². The number of nitrogens with one attached hydrogen (secondary N) is 1. The van der Waals surface area contributed by atoms with Gasteiger partial charge in [-0.25, -0.2) is 0 Å². The van der Waals surface area contributed by atoms with E-state index in [-0.39, 0.29) is 0 Å². The molecule has 1 aliphatic carbocycles. The van der Waals surface area contributed by atoms with E-state index in [4.69, 9.17) is 23.2 Å². The number of nitrogens with zero attached hydrogens (tertiary/aromatic N) is 1. The lowest BCUT2D eigenvalue weighted by Gasteiger charge is -2.26. The predicted octanol–water partition coefficient (Wildman–Crippen LogP) is 2.26. The van der Waals surface area contributed by atoms with Gasteiger partial charge >= 0.3 is 0 Å². The van der Waals surface area contributed by atoms with Crippen LogP contribution in [-0.2, 0) is 0 Å². The van der Waals surface area contributed by atoms with Crippen molar-refractivity contribution in [1.82, 2.24) is 10.2 Å². The molecule has 1 N–H and O–H groups in total. The van der Waals surface area contributed by atoms with Crippen molar-refractivity contribution >= 4 is 23.2 Å². The van der Waals surface area contributed by atoms with E-state index in [0.29, 0.717) is 5.92 Å². The third-order valence-electron chi connectivity index (χ3n) is 3.40. The van der Waals surface area contributed by atoms with Crippen LogP contribution in [-0.4, -0.2) is 42.0 Å². The van der Waals surface area contributed by atoms with E-state index in [0.717, 1.165) is 19.5 Å². The lowest BCUT2D eigenvalue weighted by molar-refractivity contribution is 0.229. The van der Waals surface area contributed by atoms with Crippen molar-refractivity contribution in [3.63, 3.8) is 0 Å². The maximum absolute atomic E-state index is 5.95. The summed E-state index contributed by atoms with van der Waals surface area (Å²) < 4.78 is -0.419. The van der Waals surface area contributed by atoms with Gasteiger partial charge in [-0.3, -0.25) is 0 Å². The number of alkyl halides is 2. The average Bonchev–Trinajstić information content (AvgIpc) is 2.83. The summed E-state index contributed by atoms with van der Waals surface area (Å²) in [4.78, 5) is 2.54. The largest absolute Gasteiger partial charge is 0.315 e. The number of likely N-dealkylation sites (tertiary alicyclic amines) is 1. The minimum Gasteiger partial charge on any atom is -0.315 e. The summed E-state index contributed by atoms with van der Waals surface area (Å²) in [5.41, 5.74) is 0. The van der Waals surface area contributed by atoms with E-state index in [1.54, 1.807) is 0 Å². The molecule has 2 aliphatic rings. The Morgan fingerprint density at radius 2 is 1.87 bits per heavy atom. The molecule has 1 unspecified atom stereocenters. The van der Waals surface area contributed by atoms with E-state index in [1.807, 2.05) is 0 Å². The monoisotopic (exact) mass is 250 g/mol. The van der Waals surface area contributed by atoms with E-state index in [1.165, 1.54) is 38.9 Å². The highest BCUT2D eigenvalue weighted by Crippen LogP contribution is 2.52. The molecule has 0 bridgehead atoms. The Kier molecular flexibility index (Phi) is 4.17. The fourth-order valence-electron chi connectivity index (χ4n) is 2.19. The molecule has 88 valence electrons. The van der Waals surface area contributed by atoms with Gasteiger partial charge in [-0.05, 0) is 32.4 Å². The highest BCUT2D eigenvalue weighted by Gasteiger charge is 2.50. The topological polar surface area (TPSA) is 15.3 Å². The quantitative estimate of drug-likeness (QED) is 0.595. The van der Waals surface area contributed by atoms with Crippen molar-refractivity contribution < 1.29 is 0 Å². The minimum absolute atomic E-state index is 0.419. The normalized spacial score (nSPS) is 30.4. The van der Waals surface area contributed by atoms with Gasteiger partial charge in [0.25, 0.3) is 0 Å². The van der Waals surface area contributed by atoms with Crippen LogP contribution < -0.4 is 5.32 Å². The standard InChI is InChI=1S/C11H20Cl2N2/c12-11(13)8-10(11)9-14-4-7-15-5-2-1-3-6-15/h10,14H,1-9H2. The lowest BCUT2D eigenvalue weighted by atomic mass is 10.1. The first-order valence-electron chi connectivity index (χ1n) is 5.99. The maximum atomic E-state index is 5.95. The molecule has 2 fully saturated rings. The fourth-order valence-corrected chi connectivity index (χ4v) is 2.71. The first-order valence-corrected chi connectivity index (χ1v) is 6.75. The van der Waals surface area contributed by atoms with Gasteiger partial charge in [-0.15, -0.1) is 23.2 Å². The van der Waals surface area contributed by atoms with Gasteiger partial charge in [0.1, 0.15) is 4.33 Å². The summed E-state index contributed by atoms with van der Waals surface area (Å²) in [6, 6.07) is 0. The SMILES string of the molecule is ClC1(Cl)CC1CNCCN1CCCCC1. The van der Waals surface area contributed by atoms with Crippen molar-refractivity contribution in [2.75, 3.05) is 32.7 Å². The molecule has 1 saturated carbocycles. The molecule has 1 aliphatic heterocycles. The lowest BCUT2D eigenvalue weighted by Crippen LogP contribution is -2.36. The van der Waals surface area contributed by atoms with Crippen molar-refractivity contribution in [3.05, 3.63) is 0 Å². The van der Waals surface area contributed by atoms with Crippen molar-refractivity contribution in [2.45, 2.75) is 30.0 Å². The Hall–Kier alpha value is 0.500. The number of piperidine rings is 1. The molecule has 0 spiro atoms. The second-order valence-electron chi connectivity index (χ2n) is 4.77. The maximum Gasteiger partial charge on any atom is 0.122 e. The molecule has 1 saturated heterocycles. The summed E-state index contributed by atoms with van der Waals surface area (Å²) in [6.45, 7) is 5.77. The zero-order valence-corrected chi connectivity index (χ0v) is 10.7. The van der Waals surface area contributed by atoms with Gasteiger partial charge in [0.2, 0.25) is 0 Å². The summed E-state index contributed by atoms with van der Waals surface area (Å²) in [5, 5.41) is 3.44. The average molecular weight is 251 g/mol. The zero-order valence-electron chi connectivity index (χ0n) is 9.14. The van der Waals surface area contributed by atoms with Gasteiger partial charge in [0.05, 0.1) is 0 Å². The minimum atomic E-state index is -0.419. The van der Waals surface area contributed by atoms with Gasteiger partial charge in [-0.1, -0.05) is 6.42 Å². The molecule has 15 heavy (non-hydrogen) atoms. The number of hydrogen-bond acceptors (Lipinski definition) is 2. The van der Waals surface area contributed by atoms with Crippen LogP contribution in [0.25, 0.3) is 0 Å². The zero-order chi connectivity index (χ0) is 10.7. The third kappa shape index (κ3) is 3.77. The summed E-state index contributed by atoms with van der Waals surface area (Å²) in [5.74, 6) is 0.474. The molecular weight excluding hydrogens is 231 g/mol. The molecule has 0 aromatic heterocycles. The molecule has 0 radical (unpaired) electrons. The molecular formula is C11H20Cl2N2. The van der Waals surface area contributed by atoms with Gasteiger partial charge in [0, 0.05) is 25.6 Å². The van der Waals surface area contributed by atoms with Crippen molar-refractivity contribution in [2.24, 2.45) is 5.92 Å². The van der Waals surface area contributed by atoms with Gasteiger partial charge < -0.3 is 10.2 Å². The molecule has 1 atom stereocenters. The van der Waals surface area contributed by atoms with Crippen LogP contribution in [0.5, 0.6) is 0 Å². The molecule has 0 aromatic carbocycles. The van der Waals surface area contributed by atoms with Crippen molar-refractivity contribution in [3.8, 4) is 0 Å². The second-order valence-corrected chi connectivity index (χ2v) is 6.31. The van der Waals surface area contributed by atoms with Gasteiger partial charge in [0.15, 0.2) is 0 Å². The van der Waals surface area contributed by atoms with Crippen LogP contribution in [0.4, 0.5) is 0 Å². The fraction of sp³-hybridized carbons (Fsp3) is 1.00. The number of halogens is 2. The molecule has 2 nitrogen and oxygen atoms in total. The number of rotatable bonds is 5. The molecule has 0 aromatic rings. The van der Waals surface area contributed by atoms with Crippen LogP contribution >= 0.6 is 23.2 Å². The Balaban J connectivity index is 1.48. The van der Waals surface area contributed by atoms with Crippen LogP contribution in [0, 0.1) is 5.92 Å². The van der Waals surface area contributed by atoms with E-state index >= 15 is 0 Å². The smallest absolute Gasteiger partial charge is 0.122 e. The van der Waals surface area contributed by atoms with Crippen LogP contribution in [0.15, 0.2) is 0 Å². The van der Waals surface area contributed by atoms with E-state index in [2.05, 4.69) is 10.2 Å². The molecule has 1 heterocycles. The predicted molar refractivity (Wildman–Crippen MR) is 65.7 cm³/mol. The molecule has 2 rings (SSSR count). The van der Waals surface area contributed by atoms with Crippen LogP contribution in [0.1, 0.15) is 25.7 Å². The first kappa shape index (κ1) is 12.0. The number of hydrogen-bond donors (Lipinski definition) is 1.